The van der Waals surface area contributed by atoms with Crippen LogP contribution in [0.5, 0.6) is 23.0 Å². The number of hydrogen-bond donors (Lipinski definition) is 2. The summed E-state index contributed by atoms with van der Waals surface area (Å²) in [5.41, 5.74) is -0.671. The zero-order valence-electron chi connectivity index (χ0n) is 18.4. The summed E-state index contributed by atoms with van der Waals surface area (Å²) in [6.45, 7) is 0. The number of rotatable bonds is 4. The van der Waals surface area contributed by atoms with Crippen LogP contribution in [-0.2, 0) is 18.5 Å². The highest BCUT2D eigenvalue weighted by atomic mass is 19.4. The molecule has 0 aliphatic rings. The second-order valence-corrected chi connectivity index (χ2v) is 7.51. The third kappa shape index (κ3) is 5.44. The molecule has 0 saturated carbocycles. The van der Waals surface area contributed by atoms with E-state index in [0.717, 1.165) is 0 Å². The number of hydrogen-bond acceptors (Lipinski definition) is 4. The largest absolute Gasteiger partial charge is 0.450 e. The van der Waals surface area contributed by atoms with Crippen LogP contribution in [0.3, 0.4) is 0 Å². The van der Waals surface area contributed by atoms with E-state index in [1.54, 1.807) is 0 Å². The van der Waals surface area contributed by atoms with E-state index < -0.39 is 111 Å². The molecule has 0 bridgehead atoms. The molecular weight excluding hydrogens is 597 g/mol. The first-order valence-electron chi connectivity index (χ1n) is 9.71. The number of anilines is 2. The Bertz CT molecular complexity index is 1490. The minimum atomic E-state index is -6.03. The maximum Gasteiger partial charge on any atom is 0.422 e. The van der Waals surface area contributed by atoms with E-state index in [-0.39, 0.29) is 12.1 Å². The van der Waals surface area contributed by atoms with Crippen LogP contribution in [0.2, 0.25) is 0 Å². The van der Waals surface area contributed by atoms with Gasteiger partial charge < -0.3 is 20.9 Å². The Labute approximate surface area is 210 Å². The van der Waals surface area contributed by atoms with Gasteiger partial charge in [0.25, 0.3) is 0 Å². The van der Waals surface area contributed by atoms with Crippen molar-refractivity contribution in [1.29, 1.82) is 0 Å². The molecule has 0 aliphatic heterocycles. The van der Waals surface area contributed by atoms with Crippen molar-refractivity contribution in [2.24, 2.45) is 0 Å². The minimum absolute atomic E-state index is 0.278. The van der Waals surface area contributed by atoms with Gasteiger partial charge in [-0.15, -0.1) is 0 Å². The highest BCUT2D eigenvalue weighted by molar-refractivity contribution is 5.56. The van der Waals surface area contributed by atoms with Gasteiger partial charge in [0, 0.05) is 6.07 Å². The number of ether oxygens (including phenoxy) is 2. The Morgan fingerprint density at radius 1 is 0.450 bits per heavy atom. The Morgan fingerprint density at radius 2 is 0.825 bits per heavy atom. The lowest BCUT2D eigenvalue weighted by Crippen LogP contribution is -2.15. The Balaban J connectivity index is 2.31. The van der Waals surface area contributed by atoms with Crippen LogP contribution in [0.4, 0.5) is 77.2 Å². The van der Waals surface area contributed by atoms with Gasteiger partial charge in [-0.3, -0.25) is 0 Å². The van der Waals surface area contributed by atoms with Gasteiger partial charge in [0.05, 0.1) is 22.5 Å². The van der Waals surface area contributed by atoms with Crippen LogP contribution in [-0.4, -0.2) is 0 Å². The van der Waals surface area contributed by atoms with Gasteiger partial charge in [-0.05, 0) is 12.1 Å². The summed E-state index contributed by atoms with van der Waals surface area (Å²) in [5, 5.41) is 0. The average molecular weight is 604 g/mol. The maximum atomic E-state index is 14.5. The van der Waals surface area contributed by atoms with Crippen molar-refractivity contribution >= 4 is 11.4 Å². The summed E-state index contributed by atoms with van der Waals surface area (Å²) < 4.78 is 213. The number of halogens is 15. The van der Waals surface area contributed by atoms with Crippen LogP contribution >= 0.6 is 0 Å². The van der Waals surface area contributed by atoms with Crippen LogP contribution in [0, 0.1) is 34.9 Å². The van der Waals surface area contributed by atoms with Gasteiger partial charge in [-0.1, -0.05) is 0 Å². The normalized spacial score (nSPS) is 12.6. The predicted octanol–water partition coefficient (Wildman–Crippen LogP) is 8.33. The standard InChI is InChI=1S/C21H7F15N2O2/c22-11-4(19(28,29)30)1-6(37)13(24)17(11)39-8-3-9(15(26)16(27)10(8)21(34,35)36)40-18-12(23)5(20(31,32)33)2-7(38)14(18)25/h1-3H,37-38H2. The monoisotopic (exact) mass is 604 g/mol. The van der Waals surface area contributed by atoms with Crippen molar-refractivity contribution in [2.75, 3.05) is 11.5 Å². The minimum Gasteiger partial charge on any atom is -0.450 e. The second kappa shape index (κ2) is 9.77. The van der Waals surface area contributed by atoms with Crippen molar-refractivity contribution < 1.29 is 75.3 Å². The smallest absolute Gasteiger partial charge is 0.422 e. The van der Waals surface area contributed by atoms with Gasteiger partial charge in [-0.25, -0.2) is 22.0 Å². The third-order valence-corrected chi connectivity index (χ3v) is 4.83. The lowest BCUT2D eigenvalue weighted by atomic mass is 10.1. The zero-order valence-corrected chi connectivity index (χ0v) is 18.4. The van der Waals surface area contributed by atoms with Crippen LogP contribution in [0.1, 0.15) is 16.7 Å². The highest BCUT2D eigenvalue weighted by Crippen LogP contribution is 2.48. The first-order valence-corrected chi connectivity index (χ1v) is 9.71. The Morgan fingerprint density at radius 3 is 1.18 bits per heavy atom. The average Bonchev–Trinajstić information content (AvgIpc) is 2.79. The van der Waals surface area contributed by atoms with Gasteiger partial charge >= 0.3 is 18.5 Å². The molecule has 0 aromatic heterocycles. The summed E-state index contributed by atoms with van der Waals surface area (Å²) in [5.74, 6) is -24.6. The van der Waals surface area contributed by atoms with E-state index in [9.17, 15) is 65.9 Å². The fraction of sp³-hybridized carbons (Fsp3) is 0.143. The maximum absolute atomic E-state index is 14.5. The quantitative estimate of drug-likeness (QED) is 0.232. The summed E-state index contributed by atoms with van der Waals surface area (Å²) in [7, 11) is 0. The van der Waals surface area contributed by atoms with Crippen LogP contribution in [0.25, 0.3) is 0 Å². The lowest BCUT2D eigenvalue weighted by molar-refractivity contribution is -0.142. The number of nitrogens with two attached hydrogens (primary N) is 2. The summed E-state index contributed by atoms with van der Waals surface area (Å²) >= 11 is 0. The van der Waals surface area contributed by atoms with Gasteiger partial charge in [0.2, 0.25) is 17.3 Å². The van der Waals surface area contributed by atoms with Crippen molar-refractivity contribution in [3.63, 3.8) is 0 Å². The second-order valence-electron chi connectivity index (χ2n) is 7.51. The predicted molar refractivity (Wildman–Crippen MR) is 103 cm³/mol. The first-order chi connectivity index (χ1) is 18.1. The molecule has 3 rings (SSSR count). The molecule has 0 saturated heterocycles. The molecule has 19 heteroatoms. The molecule has 0 heterocycles. The molecule has 0 radical (unpaired) electrons. The van der Waals surface area contributed by atoms with E-state index in [1.807, 2.05) is 0 Å². The molecule has 4 nitrogen and oxygen atoms in total. The molecule has 218 valence electrons. The summed E-state index contributed by atoms with van der Waals surface area (Å²) in [6.07, 6.45) is -17.3. The van der Waals surface area contributed by atoms with Crippen molar-refractivity contribution in [3.8, 4) is 23.0 Å². The molecule has 3 aromatic carbocycles. The van der Waals surface area contributed by atoms with Crippen LogP contribution < -0.4 is 20.9 Å². The molecule has 0 fully saturated rings. The fourth-order valence-electron chi connectivity index (χ4n) is 3.08. The molecule has 0 unspecified atom stereocenters. The molecule has 0 spiro atoms. The van der Waals surface area contributed by atoms with Crippen molar-refractivity contribution in [1.82, 2.24) is 0 Å². The van der Waals surface area contributed by atoms with E-state index in [1.165, 1.54) is 0 Å². The van der Waals surface area contributed by atoms with Gasteiger partial charge in [0.15, 0.2) is 34.8 Å². The topological polar surface area (TPSA) is 70.5 Å². The van der Waals surface area contributed by atoms with Crippen LogP contribution in [0.15, 0.2) is 18.2 Å². The number of nitrogen functional groups attached to an aromatic ring is 2. The molecule has 3 aromatic rings. The molecule has 0 amide bonds. The third-order valence-electron chi connectivity index (χ3n) is 4.83. The van der Waals surface area contributed by atoms with E-state index in [0.29, 0.717) is 0 Å². The SMILES string of the molecule is Nc1cc(C(F)(F)F)c(F)c(Oc2cc(Oc3c(F)c(N)cc(C(F)(F)F)c3F)c(C(F)(F)F)c(F)c2F)c1F. The molecule has 0 aliphatic carbocycles. The van der Waals surface area contributed by atoms with Crippen molar-refractivity contribution in [2.45, 2.75) is 18.5 Å². The van der Waals surface area contributed by atoms with Gasteiger partial charge in [0.1, 0.15) is 11.3 Å². The van der Waals surface area contributed by atoms with E-state index in [2.05, 4.69) is 9.47 Å². The fourth-order valence-corrected chi connectivity index (χ4v) is 3.08. The Hall–Kier alpha value is -4.19. The molecular formula is C21H7F15N2O2. The summed E-state index contributed by atoms with van der Waals surface area (Å²) in [4.78, 5) is 0. The number of alkyl halides is 9. The first kappa shape index (κ1) is 30.4. The molecule has 0 atom stereocenters. The highest BCUT2D eigenvalue weighted by Gasteiger charge is 2.43. The van der Waals surface area contributed by atoms with Crippen molar-refractivity contribution in [3.05, 3.63) is 69.8 Å². The molecule has 4 N–H and O–H groups in total. The lowest BCUT2D eigenvalue weighted by Gasteiger charge is -2.20. The molecule has 40 heavy (non-hydrogen) atoms. The zero-order chi connectivity index (χ0) is 30.7. The number of benzene rings is 3. The van der Waals surface area contributed by atoms with E-state index in [4.69, 9.17) is 11.5 Å². The summed E-state index contributed by atoms with van der Waals surface area (Å²) in [6, 6.07) is -1.10. The Kier molecular flexibility index (Phi) is 7.42. The van der Waals surface area contributed by atoms with E-state index >= 15 is 0 Å². The van der Waals surface area contributed by atoms with Gasteiger partial charge in [-0.2, -0.15) is 43.9 Å².